The van der Waals surface area contributed by atoms with Gasteiger partial charge in [0.15, 0.2) is 0 Å². The van der Waals surface area contributed by atoms with Crippen LogP contribution in [0.15, 0.2) is 59.7 Å². The van der Waals surface area contributed by atoms with E-state index in [0.717, 1.165) is 16.3 Å². The number of nitrogens with zero attached hydrogens (tertiary/aromatic N) is 2. The molecular formula is C19H17N3O2S. The zero-order chi connectivity index (χ0) is 17.6. The molecule has 0 unspecified atom stereocenters. The predicted octanol–water partition coefficient (Wildman–Crippen LogP) is 4.32. The summed E-state index contributed by atoms with van der Waals surface area (Å²) in [5.41, 5.74) is 4.07. The minimum atomic E-state index is -0.254. The maximum absolute atomic E-state index is 12.1. The largest absolute Gasteiger partial charge is 0.457 e. The normalized spacial score (nSPS) is 10.8. The smallest absolute Gasteiger partial charge is 0.283 e. The van der Waals surface area contributed by atoms with E-state index in [1.807, 2.05) is 68.4 Å². The highest BCUT2D eigenvalue weighted by atomic mass is 32.1. The standard InChI is InChI=1S/C19H17N3O2S/c1-13-18(25-14(2)21-13)19(23)22-20-12-15-7-6-10-17(11-15)24-16-8-4-3-5-9-16/h3-12H,1-2H3,(H,22,23)/b20-12+. The van der Waals surface area contributed by atoms with Gasteiger partial charge in [0.25, 0.3) is 5.91 Å². The van der Waals surface area contributed by atoms with Crippen LogP contribution in [0.5, 0.6) is 11.5 Å². The van der Waals surface area contributed by atoms with Gasteiger partial charge in [-0.1, -0.05) is 30.3 Å². The number of aromatic nitrogens is 1. The van der Waals surface area contributed by atoms with Gasteiger partial charge in [-0.05, 0) is 43.7 Å². The molecule has 3 aromatic rings. The van der Waals surface area contributed by atoms with E-state index in [1.165, 1.54) is 11.3 Å². The van der Waals surface area contributed by atoms with Crippen LogP contribution < -0.4 is 10.2 Å². The van der Waals surface area contributed by atoms with Gasteiger partial charge in [-0.2, -0.15) is 5.10 Å². The number of thiazole rings is 1. The number of ether oxygens (including phenoxy) is 1. The molecule has 1 heterocycles. The van der Waals surface area contributed by atoms with E-state index >= 15 is 0 Å². The molecule has 0 saturated heterocycles. The third-order valence-electron chi connectivity index (χ3n) is 3.33. The lowest BCUT2D eigenvalue weighted by Gasteiger charge is -2.05. The molecule has 0 fully saturated rings. The van der Waals surface area contributed by atoms with Crippen molar-refractivity contribution in [3.05, 3.63) is 75.7 Å². The highest BCUT2D eigenvalue weighted by Gasteiger charge is 2.12. The van der Waals surface area contributed by atoms with Crippen molar-refractivity contribution in [3.63, 3.8) is 0 Å². The lowest BCUT2D eigenvalue weighted by molar-refractivity contribution is 0.0958. The Morgan fingerprint density at radius 1 is 1.12 bits per heavy atom. The van der Waals surface area contributed by atoms with Crippen molar-refractivity contribution in [2.24, 2.45) is 5.10 Å². The quantitative estimate of drug-likeness (QED) is 0.550. The molecule has 0 radical (unpaired) electrons. The maximum Gasteiger partial charge on any atom is 0.283 e. The number of benzene rings is 2. The lowest BCUT2D eigenvalue weighted by atomic mass is 10.2. The summed E-state index contributed by atoms with van der Waals surface area (Å²) in [6.07, 6.45) is 1.58. The summed E-state index contributed by atoms with van der Waals surface area (Å²) in [5.74, 6) is 1.22. The van der Waals surface area contributed by atoms with Crippen molar-refractivity contribution >= 4 is 23.5 Å². The average Bonchev–Trinajstić information content (AvgIpc) is 2.94. The summed E-state index contributed by atoms with van der Waals surface area (Å²) >= 11 is 1.36. The first-order valence-corrected chi connectivity index (χ1v) is 8.54. The second kappa shape index (κ2) is 7.72. The van der Waals surface area contributed by atoms with Gasteiger partial charge in [-0.25, -0.2) is 10.4 Å². The Balaban J connectivity index is 1.64. The molecule has 25 heavy (non-hydrogen) atoms. The Hall–Kier alpha value is -2.99. The molecule has 1 amide bonds. The van der Waals surface area contributed by atoms with Crippen molar-refractivity contribution < 1.29 is 9.53 Å². The fourth-order valence-corrected chi connectivity index (χ4v) is 3.05. The third-order valence-corrected chi connectivity index (χ3v) is 4.40. The van der Waals surface area contributed by atoms with Gasteiger partial charge in [0.05, 0.1) is 16.9 Å². The Kier molecular flexibility index (Phi) is 5.20. The maximum atomic E-state index is 12.1. The van der Waals surface area contributed by atoms with Gasteiger partial charge in [0.1, 0.15) is 16.4 Å². The number of rotatable bonds is 5. The van der Waals surface area contributed by atoms with Gasteiger partial charge in [0, 0.05) is 0 Å². The molecule has 126 valence electrons. The van der Waals surface area contributed by atoms with Crippen LogP contribution >= 0.6 is 11.3 Å². The summed E-state index contributed by atoms with van der Waals surface area (Å²) in [4.78, 5) is 16.9. The van der Waals surface area contributed by atoms with Gasteiger partial charge in [0.2, 0.25) is 0 Å². The van der Waals surface area contributed by atoms with Crippen molar-refractivity contribution in [1.29, 1.82) is 0 Å². The highest BCUT2D eigenvalue weighted by Crippen LogP contribution is 2.21. The Morgan fingerprint density at radius 3 is 2.60 bits per heavy atom. The number of hydrogen-bond acceptors (Lipinski definition) is 5. The first kappa shape index (κ1) is 16.9. The Morgan fingerprint density at radius 2 is 1.88 bits per heavy atom. The molecule has 3 rings (SSSR count). The van der Waals surface area contributed by atoms with Crippen molar-refractivity contribution in [2.45, 2.75) is 13.8 Å². The van der Waals surface area contributed by atoms with E-state index in [-0.39, 0.29) is 5.91 Å². The van der Waals surface area contributed by atoms with Crippen LogP contribution in [-0.4, -0.2) is 17.1 Å². The van der Waals surface area contributed by atoms with Crippen molar-refractivity contribution in [1.82, 2.24) is 10.4 Å². The molecule has 0 atom stereocenters. The number of hydrazone groups is 1. The van der Waals surface area contributed by atoms with Crippen molar-refractivity contribution in [2.75, 3.05) is 0 Å². The van der Waals surface area contributed by atoms with E-state index in [4.69, 9.17) is 4.74 Å². The predicted molar refractivity (Wildman–Crippen MR) is 99.6 cm³/mol. The average molecular weight is 351 g/mol. The second-order valence-electron chi connectivity index (χ2n) is 5.33. The van der Waals surface area contributed by atoms with E-state index in [2.05, 4.69) is 15.5 Å². The molecule has 0 spiro atoms. The van der Waals surface area contributed by atoms with Crippen LogP contribution in [0.3, 0.4) is 0 Å². The van der Waals surface area contributed by atoms with Crippen LogP contribution in [0.1, 0.15) is 25.9 Å². The minimum absolute atomic E-state index is 0.254. The van der Waals surface area contributed by atoms with Crippen LogP contribution in [0.2, 0.25) is 0 Å². The molecule has 0 aliphatic heterocycles. The summed E-state index contributed by atoms with van der Waals surface area (Å²) in [6, 6.07) is 17.0. The van der Waals surface area contributed by atoms with Gasteiger partial charge >= 0.3 is 0 Å². The van der Waals surface area contributed by atoms with Gasteiger partial charge in [-0.15, -0.1) is 11.3 Å². The number of carbonyl (C=O) groups is 1. The first-order valence-electron chi connectivity index (χ1n) is 7.72. The first-order chi connectivity index (χ1) is 12.1. The fourth-order valence-electron chi connectivity index (χ4n) is 2.24. The molecule has 0 saturated carbocycles. The molecule has 6 heteroatoms. The number of hydrogen-bond donors (Lipinski definition) is 1. The van der Waals surface area contributed by atoms with E-state index in [1.54, 1.807) is 6.21 Å². The van der Waals surface area contributed by atoms with Crippen molar-refractivity contribution in [3.8, 4) is 11.5 Å². The summed E-state index contributed by atoms with van der Waals surface area (Å²) < 4.78 is 5.78. The zero-order valence-electron chi connectivity index (χ0n) is 13.9. The molecule has 0 aliphatic rings. The zero-order valence-corrected chi connectivity index (χ0v) is 14.7. The Bertz CT molecular complexity index is 904. The van der Waals surface area contributed by atoms with E-state index in [0.29, 0.717) is 16.3 Å². The molecule has 0 aliphatic carbocycles. The van der Waals surface area contributed by atoms with E-state index < -0.39 is 0 Å². The number of amides is 1. The fraction of sp³-hybridized carbons (Fsp3) is 0.105. The molecule has 0 bridgehead atoms. The van der Waals surface area contributed by atoms with E-state index in [9.17, 15) is 4.79 Å². The molecule has 5 nitrogen and oxygen atoms in total. The molecule has 2 aromatic carbocycles. The number of nitrogens with one attached hydrogen (secondary N) is 1. The van der Waals surface area contributed by atoms with Crippen LogP contribution in [0, 0.1) is 13.8 Å². The molecule has 1 aromatic heterocycles. The van der Waals surface area contributed by atoms with Crippen LogP contribution in [0.4, 0.5) is 0 Å². The second-order valence-corrected chi connectivity index (χ2v) is 6.54. The summed E-state index contributed by atoms with van der Waals surface area (Å²) in [5, 5.41) is 4.87. The summed E-state index contributed by atoms with van der Waals surface area (Å²) in [7, 11) is 0. The number of aryl methyl sites for hydroxylation is 2. The molecule has 1 N–H and O–H groups in total. The third kappa shape index (κ3) is 4.51. The Labute approximate surface area is 150 Å². The van der Waals surface area contributed by atoms with Gasteiger partial charge in [-0.3, -0.25) is 4.79 Å². The highest BCUT2D eigenvalue weighted by molar-refractivity contribution is 7.13. The topological polar surface area (TPSA) is 63.6 Å². The SMILES string of the molecule is Cc1nc(C)c(C(=O)N/N=C/c2cccc(Oc3ccccc3)c2)s1. The lowest BCUT2D eigenvalue weighted by Crippen LogP contribution is -2.17. The monoisotopic (exact) mass is 351 g/mol. The summed E-state index contributed by atoms with van der Waals surface area (Å²) in [6.45, 7) is 3.68. The minimum Gasteiger partial charge on any atom is -0.457 e. The molecular weight excluding hydrogens is 334 g/mol. The number of carbonyl (C=O) groups excluding carboxylic acids is 1. The van der Waals surface area contributed by atoms with Crippen LogP contribution in [-0.2, 0) is 0 Å². The van der Waals surface area contributed by atoms with Crippen LogP contribution in [0.25, 0.3) is 0 Å². The van der Waals surface area contributed by atoms with Gasteiger partial charge < -0.3 is 4.74 Å². The number of para-hydroxylation sites is 1.